The minimum absolute atomic E-state index is 0.0676. The first-order valence-electron chi connectivity index (χ1n) is 10.1. The summed E-state index contributed by atoms with van der Waals surface area (Å²) in [5.74, 6) is -1.80. The molecule has 1 fully saturated rings. The molecule has 4 nitrogen and oxygen atoms in total. The summed E-state index contributed by atoms with van der Waals surface area (Å²) in [5.41, 5.74) is -0.277. The second-order valence-corrected chi connectivity index (χ2v) is 8.29. The Bertz CT molecular complexity index is 538. The Labute approximate surface area is 162 Å². The van der Waals surface area contributed by atoms with E-state index in [1.165, 1.54) is 0 Å². The van der Waals surface area contributed by atoms with Crippen molar-refractivity contribution in [1.82, 2.24) is 0 Å². The summed E-state index contributed by atoms with van der Waals surface area (Å²) < 4.78 is 14.3. The van der Waals surface area contributed by atoms with E-state index < -0.39 is 30.1 Å². The first kappa shape index (κ1) is 23.5. The van der Waals surface area contributed by atoms with Gasteiger partial charge in [0.2, 0.25) is 0 Å². The average Bonchev–Trinajstić information content (AvgIpc) is 2.86. The van der Waals surface area contributed by atoms with Crippen molar-refractivity contribution >= 4 is 11.8 Å². The van der Waals surface area contributed by atoms with Crippen LogP contribution in [-0.4, -0.2) is 34.2 Å². The van der Waals surface area contributed by atoms with Crippen LogP contribution in [0.2, 0.25) is 0 Å². The Morgan fingerprint density at radius 1 is 1.33 bits per heavy atom. The SMILES string of the molecule is CCCCC(C)(C)[C@H](O)C=C[C@H]1[C@H](F)CC(=O)[C@@H]1CC=CCCCC(=O)O. The molecule has 1 aliphatic carbocycles. The molecular formula is C22H35FO4. The van der Waals surface area contributed by atoms with E-state index in [2.05, 4.69) is 6.92 Å². The number of aliphatic carboxylic acids is 1. The highest BCUT2D eigenvalue weighted by atomic mass is 19.1. The molecule has 2 N–H and O–H groups in total. The summed E-state index contributed by atoms with van der Waals surface area (Å²) in [5, 5.41) is 19.1. The molecule has 0 unspecified atom stereocenters. The lowest BCUT2D eigenvalue weighted by Crippen LogP contribution is -2.28. The maximum Gasteiger partial charge on any atom is 0.303 e. The maximum atomic E-state index is 14.3. The first-order chi connectivity index (χ1) is 12.7. The molecule has 4 atom stereocenters. The standard InChI is InChI=1S/C22H35FO4/c1-4-5-14-22(2,3)20(25)13-12-16-17(19(24)15-18(16)23)10-8-6-7-9-11-21(26)27/h6,8,12-13,16-18,20,25H,4-5,7,9-11,14-15H2,1-3H3,(H,26,27)/t16-,17-,18-,20-/m1/s1. The van der Waals surface area contributed by atoms with Crippen LogP contribution in [0.5, 0.6) is 0 Å². The van der Waals surface area contributed by atoms with Crippen LogP contribution in [-0.2, 0) is 9.59 Å². The molecule has 0 saturated heterocycles. The van der Waals surface area contributed by atoms with Gasteiger partial charge >= 0.3 is 5.97 Å². The molecule has 27 heavy (non-hydrogen) atoms. The Morgan fingerprint density at radius 3 is 2.67 bits per heavy atom. The van der Waals surface area contributed by atoms with E-state index in [0.717, 1.165) is 19.3 Å². The number of ketones is 1. The summed E-state index contributed by atoms with van der Waals surface area (Å²) in [6.45, 7) is 6.11. The third-order valence-electron chi connectivity index (χ3n) is 5.50. The number of carbonyl (C=O) groups is 2. The molecule has 0 aromatic rings. The van der Waals surface area contributed by atoms with E-state index in [0.29, 0.717) is 19.3 Å². The number of carbonyl (C=O) groups excluding carboxylic acids is 1. The monoisotopic (exact) mass is 382 g/mol. The Hall–Kier alpha value is -1.49. The minimum Gasteiger partial charge on any atom is -0.481 e. The van der Waals surface area contributed by atoms with Crippen molar-refractivity contribution in [3.05, 3.63) is 24.3 Å². The second-order valence-electron chi connectivity index (χ2n) is 8.29. The molecule has 154 valence electrons. The van der Waals surface area contributed by atoms with Crippen molar-refractivity contribution in [1.29, 1.82) is 0 Å². The number of rotatable bonds is 12. The molecule has 1 saturated carbocycles. The van der Waals surface area contributed by atoms with Crippen LogP contribution in [0.3, 0.4) is 0 Å². The molecule has 0 spiro atoms. The van der Waals surface area contributed by atoms with E-state index in [1.807, 2.05) is 26.0 Å². The zero-order valence-corrected chi connectivity index (χ0v) is 16.9. The highest BCUT2D eigenvalue weighted by Crippen LogP contribution is 2.36. The lowest BCUT2D eigenvalue weighted by molar-refractivity contribution is -0.137. The quantitative estimate of drug-likeness (QED) is 0.373. The molecule has 0 heterocycles. The zero-order chi connectivity index (χ0) is 20.4. The number of aliphatic hydroxyl groups excluding tert-OH is 1. The van der Waals surface area contributed by atoms with Crippen molar-refractivity contribution in [2.45, 2.75) is 84.4 Å². The van der Waals surface area contributed by atoms with Gasteiger partial charge in [0.25, 0.3) is 0 Å². The second kappa shape index (κ2) is 11.4. The van der Waals surface area contributed by atoms with Crippen LogP contribution in [0.15, 0.2) is 24.3 Å². The molecule has 0 radical (unpaired) electrons. The van der Waals surface area contributed by atoms with Crippen LogP contribution in [0.25, 0.3) is 0 Å². The maximum absolute atomic E-state index is 14.3. The molecule has 5 heteroatoms. The van der Waals surface area contributed by atoms with Crippen molar-refractivity contribution in [3.8, 4) is 0 Å². The number of hydrogen-bond donors (Lipinski definition) is 2. The van der Waals surface area contributed by atoms with Gasteiger partial charge in [0.1, 0.15) is 12.0 Å². The van der Waals surface area contributed by atoms with E-state index >= 15 is 0 Å². The largest absolute Gasteiger partial charge is 0.481 e. The van der Waals surface area contributed by atoms with Gasteiger partial charge in [-0.05, 0) is 31.1 Å². The molecule has 0 aromatic carbocycles. The molecular weight excluding hydrogens is 347 g/mol. The highest BCUT2D eigenvalue weighted by molar-refractivity contribution is 5.84. The van der Waals surface area contributed by atoms with Gasteiger partial charge in [0, 0.05) is 24.7 Å². The van der Waals surface area contributed by atoms with Gasteiger partial charge in [-0.3, -0.25) is 9.59 Å². The molecule has 0 amide bonds. The fraction of sp³-hybridized carbons (Fsp3) is 0.727. The normalized spacial score (nSPS) is 24.9. The topological polar surface area (TPSA) is 74.6 Å². The number of halogens is 1. The summed E-state index contributed by atoms with van der Waals surface area (Å²) in [7, 11) is 0. The molecule has 0 aromatic heterocycles. The minimum atomic E-state index is -1.20. The summed E-state index contributed by atoms with van der Waals surface area (Å²) in [6, 6.07) is 0. The van der Waals surface area contributed by atoms with Crippen molar-refractivity contribution in [2.24, 2.45) is 17.3 Å². The van der Waals surface area contributed by atoms with E-state index in [9.17, 15) is 19.1 Å². The van der Waals surface area contributed by atoms with Gasteiger partial charge in [-0.2, -0.15) is 0 Å². The fourth-order valence-corrected chi connectivity index (χ4v) is 3.50. The zero-order valence-electron chi connectivity index (χ0n) is 16.9. The summed E-state index contributed by atoms with van der Waals surface area (Å²) in [4.78, 5) is 22.6. The molecule has 1 aliphatic rings. The number of alkyl halides is 1. The summed E-state index contributed by atoms with van der Waals surface area (Å²) in [6.07, 6.45) is 9.88. The molecule has 1 rings (SSSR count). The Morgan fingerprint density at radius 2 is 2.04 bits per heavy atom. The number of carboxylic acids is 1. The number of aliphatic hydroxyl groups is 1. The van der Waals surface area contributed by atoms with E-state index in [4.69, 9.17) is 5.11 Å². The van der Waals surface area contributed by atoms with Gasteiger partial charge in [0.15, 0.2) is 0 Å². The predicted octanol–water partition coefficient (Wildman–Crippen LogP) is 4.86. The van der Waals surface area contributed by atoms with Gasteiger partial charge < -0.3 is 10.2 Å². The first-order valence-corrected chi connectivity index (χ1v) is 10.1. The smallest absolute Gasteiger partial charge is 0.303 e. The van der Waals surface area contributed by atoms with Crippen molar-refractivity contribution in [3.63, 3.8) is 0 Å². The number of Topliss-reactive ketones (excluding diaryl/α,β-unsaturated/α-hetero) is 1. The molecule has 0 bridgehead atoms. The van der Waals surface area contributed by atoms with Gasteiger partial charge in [-0.1, -0.05) is 57.9 Å². The lowest BCUT2D eigenvalue weighted by Gasteiger charge is -2.29. The van der Waals surface area contributed by atoms with E-state index in [-0.39, 0.29) is 24.0 Å². The number of hydrogen-bond acceptors (Lipinski definition) is 3. The van der Waals surface area contributed by atoms with Gasteiger partial charge in [0.05, 0.1) is 6.10 Å². The van der Waals surface area contributed by atoms with Crippen LogP contribution < -0.4 is 0 Å². The number of unbranched alkanes of at least 4 members (excludes halogenated alkanes) is 2. The highest BCUT2D eigenvalue weighted by Gasteiger charge is 2.40. The third kappa shape index (κ3) is 7.96. The number of allylic oxidation sites excluding steroid dienone is 3. The average molecular weight is 383 g/mol. The predicted molar refractivity (Wildman–Crippen MR) is 105 cm³/mol. The Balaban J connectivity index is 2.63. The number of carboxylic acid groups (broad SMARTS) is 1. The molecule has 0 aliphatic heterocycles. The van der Waals surface area contributed by atoms with Gasteiger partial charge in [-0.25, -0.2) is 4.39 Å². The van der Waals surface area contributed by atoms with Crippen LogP contribution in [0, 0.1) is 17.3 Å². The van der Waals surface area contributed by atoms with Gasteiger partial charge in [-0.15, -0.1) is 0 Å². The van der Waals surface area contributed by atoms with E-state index in [1.54, 1.807) is 12.2 Å². The van der Waals surface area contributed by atoms with Crippen LogP contribution >= 0.6 is 0 Å². The Kier molecular flexibility index (Phi) is 9.92. The van der Waals surface area contributed by atoms with Crippen molar-refractivity contribution < 1.29 is 24.2 Å². The van der Waals surface area contributed by atoms with Crippen molar-refractivity contribution in [2.75, 3.05) is 0 Å². The third-order valence-corrected chi connectivity index (χ3v) is 5.50. The fourth-order valence-electron chi connectivity index (χ4n) is 3.50. The van der Waals surface area contributed by atoms with Crippen LogP contribution in [0.4, 0.5) is 4.39 Å². The summed E-state index contributed by atoms with van der Waals surface area (Å²) >= 11 is 0. The van der Waals surface area contributed by atoms with Crippen LogP contribution in [0.1, 0.15) is 72.1 Å². The lowest BCUT2D eigenvalue weighted by atomic mass is 9.80.